The Bertz CT molecular complexity index is 352. The normalized spacial score (nSPS) is 12.4. The van der Waals surface area contributed by atoms with E-state index in [1.54, 1.807) is 0 Å². The number of anilines is 1. The zero-order valence-electron chi connectivity index (χ0n) is 9.93. The average Bonchev–Trinajstić information content (AvgIpc) is 2.66. The number of hydrogen-bond acceptors (Lipinski definition) is 4. The van der Waals surface area contributed by atoms with Gasteiger partial charge in [0.1, 0.15) is 0 Å². The summed E-state index contributed by atoms with van der Waals surface area (Å²) in [6, 6.07) is 0.439. The van der Waals surface area contributed by atoms with Crippen LogP contribution in [0.25, 0.3) is 0 Å². The first-order valence-corrected chi connectivity index (χ1v) is 6.39. The molecule has 0 spiro atoms. The summed E-state index contributed by atoms with van der Waals surface area (Å²) in [6.45, 7) is 7.28. The molecule has 0 amide bonds. The third kappa shape index (κ3) is 3.20. The fourth-order valence-electron chi connectivity index (χ4n) is 1.52. The molecule has 5 heteroatoms. The van der Waals surface area contributed by atoms with E-state index in [2.05, 4.69) is 30.7 Å². The number of aromatic nitrogens is 1. The van der Waals surface area contributed by atoms with Crippen molar-refractivity contribution in [3.8, 4) is 0 Å². The van der Waals surface area contributed by atoms with Crippen LogP contribution in [0.2, 0.25) is 0 Å². The van der Waals surface area contributed by atoms with Crippen molar-refractivity contribution in [1.29, 1.82) is 0 Å². The van der Waals surface area contributed by atoms with Crippen molar-refractivity contribution in [3.63, 3.8) is 0 Å². The van der Waals surface area contributed by atoms with Gasteiger partial charge >= 0.3 is 5.97 Å². The molecule has 4 nitrogen and oxygen atoms in total. The number of rotatable bonds is 6. The van der Waals surface area contributed by atoms with Crippen LogP contribution in [0.5, 0.6) is 0 Å². The molecule has 1 aromatic heterocycles. The van der Waals surface area contributed by atoms with E-state index in [9.17, 15) is 4.79 Å². The molecule has 1 aromatic rings. The van der Waals surface area contributed by atoms with Gasteiger partial charge in [-0.15, -0.1) is 11.3 Å². The van der Waals surface area contributed by atoms with Crippen LogP contribution >= 0.6 is 11.3 Å². The largest absolute Gasteiger partial charge is 0.481 e. The quantitative estimate of drug-likeness (QED) is 0.832. The average molecular weight is 242 g/mol. The van der Waals surface area contributed by atoms with E-state index >= 15 is 0 Å². The zero-order valence-corrected chi connectivity index (χ0v) is 10.8. The lowest BCUT2D eigenvalue weighted by atomic mass is 10.2. The minimum absolute atomic E-state index is 0.00849. The summed E-state index contributed by atoms with van der Waals surface area (Å²) in [5.74, 6) is -0.830. The van der Waals surface area contributed by atoms with Crippen molar-refractivity contribution in [2.75, 3.05) is 11.4 Å². The molecule has 1 N–H and O–H groups in total. The van der Waals surface area contributed by atoms with Crippen molar-refractivity contribution < 1.29 is 9.90 Å². The predicted molar refractivity (Wildman–Crippen MR) is 66.2 cm³/mol. The molecule has 0 aliphatic carbocycles. The van der Waals surface area contributed by atoms with Gasteiger partial charge in [-0.1, -0.05) is 6.92 Å². The summed E-state index contributed by atoms with van der Waals surface area (Å²) in [5.41, 5.74) is 0.647. The van der Waals surface area contributed by atoms with Gasteiger partial charge in [0, 0.05) is 18.0 Å². The van der Waals surface area contributed by atoms with Gasteiger partial charge in [0.2, 0.25) is 0 Å². The first kappa shape index (κ1) is 13.0. The monoisotopic (exact) mass is 242 g/mol. The van der Waals surface area contributed by atoms with E-state index in [1.807, 2.05) is 5.38 Å². The maximum atomic E-state index is 10.6. The standard InChI is InChI=1S/C11H18N2O2S/c1-4-8(3)13(5-2)11-12-9(7-16-11)6-10(14)15/h7-8H,4-6H2,1-3H3,(H,14,15). The fraction of sp³-hybridized carbons (Fsp3) is 0.636. The summed E-state index contributed by atoms with van der Waals surface area (Å²) in [5, 5.41) is 11.4. The number of aliphatic carboxylic acids is 1. The lowest BCUT2D eigenvalue weighted by molar-refractivity contribution is -0.136. The summed E-state index contributed by atoms with van der Waals surface area (Å²) in [7, 11) is 0. The van der Waals surface area contributed by atoms with Crippen molar-refractivity contribution in [1.82, 2.24) is 4.98 Å². The molecule has 0 aliphatic heterocycles. The highest BCUT2D eigenvalue weighted by Gasteiger charge is 2.15. The lowest BCUT2D eigenvalue weighted by Gasteiger charge is -2.26. The summed E-state index contributed by atoms with van der Waals surface area (Å²) >= 11 is 1.52. The molecule has 1 unspecified atom stereocenters. The molecule has 90 valence electrons. The van der Waals surface area contributed by atoms with Crippen LogP contribution in [0, 0.1) is 0 Å². The van der Waals surface area contributed by atoms with Crippen LogP contribution < -0.4 is 4.90 Å². The molecule has 1 rings (SSSR count). The Morgan fingerprint density at radius 3 is 2.81 bits per heavy atom. The summed E-state index contributed by atoms with van der Waals surface area (Å²) in [4.78, 5) is 17.1. The maximum Gasteiger partial charge on any atom is 0.309 e. The van der Waals surface area contributed by atoms with Crippen LogP contribution in [-0.4, -0.2) is 28.6 Å². The minimum Gasteiger partial charge on any atom is -0.481 e. The number of carboxylic acids is 1. The van der Waals surface area contributed by atoms with E-state index in [1.165, 1.54) is 11.3 Å². The third-order valence-electron chi connectivity index (χ3n) is 2.58. The second-order valence-electron chi connectivity index (χ2n) is 3.74. The van der Waals surface area contributed by atoms with E-state index in [0.717, 1.165) is 18.1 Å². The van der Waals surface area contributed by atoms with Crippen molar-refractivity contribution >= 4 is 22.4 Å². The van der Waals surface area contributed by atoms with E-state index in [-0.39, 0.29) is 6.42 Å². The SMILES string of the molecule is CCC(C)N(CC)c1nc(CC(=O)O)cs1. The molecule has 0 saturated carbocycles. The molecular weight excluding hydrogens is 224 g/mol. The summed E-state index contributed by atoms with van der Waals surface area (Å²) < 4.78 is 0. The molecule has 0 bridgehead atoms. The zero-order chi connectivity index (χ0) is 12.1. The van der Waals surface area contributed by atoms with Gasteiger partial charge in [-0.3, -0.25) is 4.79 Å². The maximum absolute atomic E-state index is 10.6. The van der Waals surface area contributed by atoms with Crippen LogP contribution in [0.4, 0.5) is 5.13 Å². The van der Waals surface area contributed by atoms with Crippen molar-refractivity contribution in [2.24, 2.45) is 0 Å². The molecule has 0 saturated heterocycles. The Morgan fingerprint density at radius 1 is 1.62 bits per heavy atom. The van der Waals surface area contributed by atoms with Gasteiger partial charge < -0.3 is 10.0 Å². The van der Waals surface area contributed by atoms with E-state index in [0.29, 0.717) is 11.7 Å². The molecule has 0 aromatic carbocycles. The predicted octanol–water partition coefficient (Wildman–Crippen LogP) is 2.39. The summed E-state index contributed by atoms with van der Waals surface area (Å²) in [6.07, 6.45) is 1.07. The molecule has 1 heterocycles. The van der Waals surface area contributed by atoms with Gasteiger partial charge in [0.25, 0.3) is 0 Å². The lowest BCUT2D eigenvalue weighted by Crippen LogP contribution is -2.32. The Hall–Kier alpha value is -1.10. The first-order chi connectivity index (χ1) is 7.58. The number of carbonyl (C=O) groups is 1. The Balaban J connectivity index is 2.78. The molecule has 16 heavy (non-hydrogen) atoms. The van der Waals surface area contributed by atoms with Gasteiger partial charge in [-0.25, -0.2) is 4.98 Å². The van der Waals surface area contributed by atoms with Gasteiger partial charge in [0.15, 0.2) is 5.13 Å². The van der Waals surface area contributed by atoms with Gasteiger partial charge in [-0.05, 0) is 20.3 Å². The number of thiazole rings is 1. The van der Waals surface area contributed by atoms with Crippen LogP contribution in [0.1, 0.15) is 32.9 Å². The van der Waals surface area contributed by atoms with Gasteiger partial charge in [0.05, 0.1) is 12.1 Å². The smallest absolute Gasteiger partial charge is 0.309 e. The topological polar surface area (TPSA) is 53.4 Å². The Morgan fingerprint density at radius 2 is 2.31 bits per heavy atom. The molecule has 0 aliphatic rings. The fourth-order valence-corrected chi connectivity index (χ4v) is 2.51. The van der Waals surface area contributed by atoms with E-state index < -0.39 is 5.97 Å². The second-order valence-corrected chi connectivity index (χ2v) is 4.57. The van der Waals surface area contributed by atoms with Crippen molar-refractivity contribution in [2.45, 2.75) is 39.7 Å². The van der Waals surface area contributed by atoms with Crippen LogP contribution in [-0.2, 0) is 11.2 Å². The highest BCUT2D eigenvalue weighted by Crippen LogP contribution is 2.23. The molecule has 0 fully saturated rings. The molecule has 0 radical (unpaired) electrons. The van der Waals surface area contributed by atoms with Gasteiger partial charge in [-0.2, -0.15) is 0 Å². The highest BCUT2D eigenvalue weighted by atomic mass is 32.1. The Labute approximate surface area is 99.9 Å². The third-order valence-corrected chi connectivity index (χ3v) is 3.51. The number of carboxylic acid groups (broad SMARTS) is 1. The first-order valence-electron chi connectivity index (χ1n) is 5.51. The van der Waals surface area contributed by atoms with Crippen LogP contribution in [0.3, 0.4) is 0 Å². The highest BCUT2D eigenvalue weighted by molar-refractivity contribution is 7.13. The Kier molecular flexibility index (Phi) is 4.73. The number of hydrogen-bond donors (Lipinski definition) is 1. The molecular formula is C11H18N2O2S. The second kappa shape index (κ2) is 5.84. The minimum atomic E-state index is -0.830. The number of nitrogens with zero attached hydrogens (tertiary/aromatic N) is 2. The van der Waals surface area contributed by atoms with Crippen LogP contribution in [0.15, 0.2) is 5.38 Å². The van der Waals surface area contributed by atoms with Crippen molar-refractivity contribution in [3.05, 3.63) is 11.1 Å². The van der Waals surface area contributed by atoms with E-state index in [4.69, 9.17) is 5.11 Å². The molecule has 1 atom stereocenters.